The molecule has 0 saturated heterocycles. The highest BCUT2D eigenvalue weighted by Gasteiger charge is 2.13. The Morgan fingerprint density at radius 2 is 1.81 bits per heavy atom. The van der Waals surface area contributed by atoms with Gasteiger partial charge in [0.25, 0.3) is 0 Å². The van der Waals surface area contributed by atoms with Crippen LogP contribution < -0.4 is 24.8 Å². The number of methoxy groups -OCH3 is 3. The Bertz CT molecular complexity index is 469. The van der Waals surface area contributed by atoms with E-state index in [0.29, 0.717) is 23.8 Å². The number of aliphatic imine (C=N–C) groups is 1. The van der Waals surface area contributed by atoms with Crippen LogP contribution in [0.4, 0.5) is 0 Å². The minimum Gasteiger partial charge on any atom is -0.493 e. The molecule has 1 aliphatic heterocycles. The number of guanidine groups is 1. The van der Waals surface area contributed by atoms with Gasteiger partial charge in [-0.05, 0) is 24.1 Å². The fourth-order valence-corrected chi connectivity index (χ4v) is 2.07. The number of hydrogen-bond acceptors (Lipinski definition) is 6. The molecular formula is C14H22IN3O3. The summed E-state index contributed by atoms with van der Waals surface area (Å²) in [5.74, 6) is 2.75. The maximum atomic E-state index is 5.33. The minimum absolute atomic E-state index is 0. The molecule has 1 aromatic carbocycles. The number of ether oxygens (including phenoxy) is 3. The van der Waals surface area contributed by atoms with Crippen LogP contribution in [-0.4, -0.2) is 40.4 Å². The van der Waals surface area contributed by atoms with Crippen LogP contribution in [0.2, 0.25) is 0 Å². The third-order valence-electron chi connectivity index (χ3n) is 3.08. The van der Waals surface area contributed by atoms with Crippen LogP contribution in [0.3, 0.4) is 0 Å². The van der Waals surface area contributed by atoms with Crippen LogP contribution in [-0.2, 0) is 6.54 Å². The maximum Gasteiger partial charge on any atom is 0.203 e. The zero-order valence-corrected chi connectivity index (χ0v) is 14.9. The Hall–Kier alpha value is -1.38. The molecule has 0 amide bonds. The van der Waals surface area contributed by atoms with Crippen molar-refractivity contribution in [2.75, 3.05) is 34.4 Å². The Labute approximate surface area is 142 Å². The molecule has 0 spiro atoms. The highest BCUT2D eigenvalue weighted by atomic mass is 127. The lowest BCUT2D eigenvalue weighted by Gasteiger charge is -2.17. The highest BCUT2D eigenvalue weighted by molar-refractivity contribution is 14.0. The van der Waals surface area contributed by atoms with Gasteiger partial charge < -0.3 is 24.8 Å². The predicted octanol–water partition coefficient (Wildman–Crippen LogP) is 1.77. The van der Waals surface area contributed by atoms with Crippen LogP contribution in [0.25, 0.3) is 0 Å². The zero-order valence-electron chi connectivity index (χ0n) is 12.6. The third kappa shape index (κ3) is 4.55. The first-order valence-corrected chi connectivity index (χ1v) is 6.59. The van der Waals surface area contributed by atoms with Gasteiger partial charge in [0.05, 0.1) is 21.3 Å². The number of nitrogens with one attached hydrogen (secondary N) is 2. The van der Waals surface area contributed by atoms with Crippen molar-refractivity contribution in [1.29, 1.82) is 0 Å². The normalized spacial score (nSPS) is 13.4. The second-order valence-corrected chi connectivity index (χ2v) is 4.40. The van der Waals surface area contributed by atoms with Crippen molar-refractivity contribution in [2.24, 2.45) is 4.99 Å². The summed E-state index contributed by atoms with van der Waals surface area (Å²) in [6.07, 6.45) is 1.08. The van der Waals surface area contributed by atoms with Gasteiger partial charge in [0.15, 0.2) is 17.5 Å². The molecule has 21 heavy (non-hydrogen) atoms. The number of rotatable bonds is 5. The van der Waals surface area contributed by atoms with E-state index in [2.05, 4.69) is 15.6 Å². The van der Waals surface area contributed by atoms with Gasteiger partial charge >= 0.3 is 0 Å². The first kappa shape index (κ1) is 17.7. The molecule has 1 aromatic rings. The van der Waals surface area contributed by atoms with E-state index in [1.54, 1.807) is 21.3 Å². The largest absolute Gasteiger partial charge is 0.493 e. The van der Waals surface area contributed by atoms with Crippen molar-refractivity contribution in [2.45, 2.75) is 13.0 Å². The van der Waals surface area contributed by atoms with E-state index in [1.165, 1.54) is 0 Å². The maximum absolute atomic E-state index is 5.33. The summed E-state index contributed by atoms with van der Waals surface area (Å²) in [5, 5.41) is 6.49. The van der Waals surface area contributed by atoms with Gasteiger partial charge in [-0.2, -0.15) is 0 Å². The van der Waals surface area contributed by atoms with E-state index in [4.69, 9.17) is 14.2 Å². The molecule has 6 nitrogen and oxygen atoms in total. The van der Waals surface area contributed by atoms with E-state index in [1.807, 2.05) is 12.1 Å². The topological polar surface area (TPSA) is 64.1 Å². The molecule has 118 valence electrons. The zero-order chi connectivity index (χ0) is 14.4. The SMILES string of the molecule is COc1cc(CNC2=NCCCN2)cc(OC)c1OC.I. The second kappa shape index (κ2) is 8.81. The third-order valence-corrected chi connectivity index (χ3v) is 3.08. The lowest BCUT2D eigenvalue weighted by molar-refractivity contribution is 0.323. The van der Waals surface area contributed by atoms with Gasteiger partial charge in [-0.25, -0.2) is 0 Å². The summed E-state index contributed by atoms with van der Waals surface area (Å²) in [6.45, 7) is 2.47. The van der Waals surface area contributed by atoms with Gasteiger partial charge in [-0.15, -0.1) is 24.0 Å². The van der Waals surface area contributed by atoms with Crippen molar-refractivity contribution in [3.8, 4) is 17.2 Å². The molecule has 7 heteroatoms. The summed E-state index contributed by atoms with van der Waals surface area (Å²) in [4.78, 5) is 4.37. The number of benzene rings is 1. The number of hydrogen-bond donors (Lipinski definition) is 2. The lowest BCUT2D eigenvalue weighted by Crippen LogP contribution is -2.40. The van der Waals surface area contributed by atoms with Crippen LogP contribution in [0.5, 0.6) is 17.2 Å². The van der Waals surface area contributed by atoms with Gasteiger partial charge in [0.1, 0.15) is 0 Å². The monoisotopic (exact) mass is 407 g/mol. The molecule has 0 fully saturated rings. The average molecular weight is 407 g/mol. The molecule has 2 rings (SSSR count). The first-order chi connectivity index (χ1) is 9.78. The van der Waals surface area contributed by atoms with E-state index < -0.39 is 0 Å². The van der Waals surface area contributed by atoms with Crippen LogP contribution >= 0.6 is 24.0 Å². The van der Waals surface area contributed by atoms with Gasteiger partial charge in [0, 0.05) is 19.6 Å². The Kier molecular flexibility index (Phi) is 7.41. The van der Waals surface area contributed by atoms with Crippen LogP contribution in [0.15, 0.2) is 17.1 Å². The molecule has 0 atom stereocenters. The van der Waals surface area contributed by atoms with Crippen LogP contribution in [0.1, 0.15) is 12.0 Å². The van der Waals surface area contributed by atoms with Crippen molar-refractivity contribution in [3.63, 3.8) is 0 Å². The van der Waals surface area contributed by atoms with Crippen LogP contribution in [0, 0.1) is 0 Å². The summed E-state index contributed by atoms with van der Waals surface area (Å²) < 4.78 is 16.0. The first-order valence-electron chi connectivity index (χ1n) is 6.59. The Balaban J connectivity index is 0.00000220. The molecule has 1 heterocycles. The van der Waals surface area contributed by atoms with E-state index in [9.17, 15) is 0 Å². The quantitative estimate of drug-likeness (QED) is 0.729. The number of halogens is 1. The molecule has 0 aromatic heterocycles. The highest BCUT2D eigenvalue weighted by Crippen LogP contribution is 2.38. The van der Waals surface area contributed by atoms with Crippen molar-refractivity contribution in [3.05, 3.63) is 17.7 Å². The summed E-state index contributed by atoms with van der Waals surface area (Å²) in [5.41, 5.74) is 1.04. The molecule has 2 N–H and O–H groups in total. The summed E-state index contributed by atoms with van der Waals surface area (Å²) >= 11 is 0. The van der Waals surface area contributed by atoms with E-state index >= 15 is 0 Å². The summed E-state index contributed by atoms with van der Waals surface area (Å²) in [6, 6.07) is 3.86. The van der Waals surface area contributed by atoms with Gasteiger partial charge in [0.2, 0.25) is 5.75 Å². The Morgan fingerprint density at radius 1 is 1.14 bits per heavy atom. The van der Waals surface area contributed by atoms with E-state index in [0.717, 1.165) is 31.0 Å². The average Bonchev–Trinajstić information content (AvgIpc) is 2.52. The van der Waals surface area contributed by atoms with E-state index in [-0.39, 0.29) is 24.0 Å². The molecule has 0 aliphatic carbocycles. The second-order valence-electron chi connectivity index (χ2n) is 4.40. The molecule has 1 aliphatic rings. The molecule has 0 radical (unpaired) electrons. The smallest absolute Gasteiger partial charge is 0.203 e. The molecule has 0 unspecified atom stereocenters. The van der Waals surface area contributed by atoms with Crippen molar-refractivity contribution in [1.82, 2.24) is 10.6 Å². The Morgan fingerprint density at radius 3 is 2.29 bits per heavy atom. The fourth-order valence-electron chi connectivity index (χ4n) is 2.07. The molecule has 0 bridgehead atoms. The van der Waals surface area contributed by atoms with Gasteiger partial charge in [-0.3, -0.25) is 4.99 Å². The van der Waals surface area contributed by atoms with Gasteiger partial charge in [-0.1, -0.05) is 0 Å². The predicted molar refractivity (Wildman–Crippen MR) is 93.3 cm³/mol. The minimum atomic E-state index is 0. The fraction of sp³-hybridized carbons (Fsp3) is 0.500. The van der Waals surface area contributed by atoms with Crippen molar-refractivity contribution >= 4 is 29.9 Å². The number of nitrogens with zero attached hydrogens (tertiary/aromatic N) is 1. The lowest BCUT2D eigenvalue weighted by atomic mass is 10.2. The molecule has 0 saturated carbocycles. The summed E-state index contributed by atoms with van der Waals surface area (Å²) in [7, 11) is 4.82. The molecular weight excluding hydrogens is 385 g/mol. The standard InChI is InChI=1S/C14H21N3O3.HI/c1-18-11-7-10(8-12(19-2)13(11)20-3)9-17-14-15-5-4-6-16-14;/h7-8H,4-6,9H2,1-3H3,(H2,15,16,17);1H. The van der Waals surface area contributed by atoms with Crippen molar-refractivity contribution < 1.29 is 14.2 Å².